The SMILES string of the molecule is Oc1cccc(OCC(O)c2ccco2)c1. The molecular weight excluding hydrogens is 208 g/mol. The largest absolute Gasteiger partial charge is 0.508 e. The third-order valence-electron chi connectivity index (χ3n) is 2.10. The van der Waals surface area contributed by atoms with Crippen LogP contribution in [0.25, 0.3) is 0 Å². The molecule has 0 saturated heterocycles. The summed E-state index contributed by atoms with van der Waals surface area (Å²) in [4.78, 5) is 0. The lowest BCUT2D eigenvalue weighted by Gasteiger charge is -2.10. The molecule has 2 aromatic rings. The van der Waals surface area contributed by atoms with E-state index in [4.69, 9.17) is 9.15 Å². The van der Waals surface area contributed by atoms with Gasteiger partial charge in [-0.2, -0.15) is 0 Å². The van der Waals surface area contributed by atoms with Crippen molar-refractivity contribution in [3.05, 3.63) is 48.4 Å². The second-order valence-corrected chi connectivity index (χ2v) is 3.34. The van der Waals surface area contributed by atoms with E-state index in [0.29, 0.717) is 11.5 Å². The van der Waals surface area contributed by atoms with Crippen LogP contribution in [0.2, 0.25) is 0 Å². The van der Waals surface area contributed by atoms with Crippen LogP contribution in [-0.4, -0.2) is 16.8 Å². The number of aromatic hydroxyl groups is 1. The fourth-order valence-corrected chi connectivity index (χ4v) is 1.31. The Kier molecular flexibility index (Phi) is 3.12. The van der Waals surface area contributed by atoms with Crippen LogP contribution in [-0.2, 0) is 0 Å². The van der Waals surface area contributed by atoms with E-state index in [1.54, 1.807) is 30.3 Å². The van der Waals surface area contributed by atoms with E-state index in [2.05, 4.69) is 0 Å². The summed E-state index contributed by atoms with van der Waals surface area (Å²) in [5.41, 5.74) is 0. The van der Waals surface area contributed by atoms with Crippen molar-refractivity contribution in [2.24, 2.45) is 0 Å². The van der Waals surface area contributed by atoms with Crippen molar-refractivity contribution < 1.29 is 19.4 Å². The standard InChI is InChI=1S/C12H12O4/c13-9-3-1-4-10(7-9)16-8-11(14)12-5-2-6-15-12/h1-7,11,13-14H,8H2. The Morgan fingerprint density at radius 3 is 2.81 bits per heavy atom. The highest BCUT2D eigenvalue weighted by atomic mass is 16.5. The normalized spacial score (nSPS) is 12.3. The van der Waals surface area contributed by atoms with Gasteiger partial charge < -0.3 is 19.4 Å². The number of benzene rings is 1. The quantitative estimate of drug-likeness (QED) is 0.828. The lowest BCUT2D eigenvalue weighted by molar-refractivity contribution is 0.0887. The van der Waals surface area contributed by atoms with Gasteiger partial charge in [-0.25, -0.2) is 0 Å². The van der Waals surface area contributed by atoms with Crippen molar-refractivity contribution in [3.63, 3.8) is 0 Å². The zero-order valence-electron chi connectivity index (χ0n) is 8.54. The van der Waals surface area contributed by atoms with Crippen LogP contribution in [0.3, 0.4) is 0 Å². The number of phenols is 1. The monoisotopic (exact) mass is 220 g/mol. The molecule has 0 spiro atoms. The Morgan fingerprint density at radius 1 is 1.25 bits per heavy atom. The number of aliphatic hydroxyl groups is 1. The van der Waals surface area contributed by atoms with Gasteiger partial charge in [-0.1, -0.05) is 6.07 Å². The Labute approximate surface area is 92.7 Å². The second-order valence-electron chi connectivity index (χ2n) is 3.34. The molecule has 0 aliphatic heterocycles. The zero-order valence-corrected chi connectivity index (χ0v) is 8.54. The lowest BCUT2D eigenvalue weighted by atomic mass is 10.3. The number of aliphatic hydroxyl groups excluding tert-OH is 1. The summed E-state index contributed by atoms with van der Waals surface area (Å²) in [6, 6.07) is 9.78. The molecule has 4 nitrogen and oxygen atoms in total. The van der Waals surface area contributed by atoms with Gasteiger partial charge in [0.25, 0.3) is 0 Å². The van der Waals surface area contributed by atoms with Crippen molar-refractivity contribution in [3.8, 4) is 11.5 Å². The predicted octanol–water partition coefficient (Wildman–Crippen LogP) is 2.10. The molecule has 0 bridgehead atoms. The molecule has 0 aliphatic carbocycles. The van der Waals surface area contributed by atoms with Crippen LogP contribution in [0.1, 0.15) is 11.9 Å². The molecule has 0 amide bonds. The Balaban J connectivity index is 1.92. The molecule has 4 heteroatoms. The average Bonchev–Trinajstić information content (AvgIpc) is 2.79. The first-order valence-corrected chi connectivity index (χ1v) is 4.89. The van der Waals surface area contributed by atoms with Gasteiger partial charge >= 0.3 is 0 Å². The van der Waals surface area contributed by atoms with Gasteiger partial charge in [0.2, 0.25) is 0 Å². The predicted molar refractivity (Wildman–Crippen MR) is 57.3 cm³/mol. The summed E-state index contributed by atoms with van der Waals surface area (Å²) in [6.45, 7) is 0.0803. The molecule has 0 fully saturated rings. The van der Waals surface area contributed by atoms with Crippen molar-refractivity contribution in [2.45, 2.75) is 6.10 Å². The maximum Gasteiger partial charge on any atom is 0.145 e. The van der Waals surface area contributed by atoms with Crippen LogP contribution in [0, 0.1) is 0 Å². The molecule has 1 heterocycles. The second kappa shape index (κ2) is 4.72. The number of ether oxygens (including phenoxy) is 1. The molecule has 0 radical (unpaired) electrons. The fourth-order valence-electron chi connectivity index (χ4n) is 1.31. The minimum absolute atomic E-state index is 0.0803. The van der Waals surface area contributed by atoms with Gasteiger partial charge in [-0.3, -0.25) is 0 Å². The average molecular weight is 220 g/mol. The maximum absolute atomic E-state index is 9.66. The number of furan rings is 1. The molecule has 1 aromatic carbocycles. The number of phenolic OH excluding ortho intramolecular Hbond substituents is 1. The number of rotatable bonds is 4. The Bertz CT molecular complexity index is 436. The third kappa shape index (κ3) is 2.55. The highest BCUT2D eigenvalue weighted by molar-refractivity contribution is 5.31. The first-order chi connectivity index (χ1) is 7.75. The summed E-state index contributed by atoms with van der Waals surface area (Å²) < 4.78 is 10.3. The smallest absolute Gasteiger partial charge is 0.145 e. The van der Waals surface area contributed by atoms with E-state index >= 15 is 0 Å². The van der Waals surface area contributed by atoms with Crippen LogP contribution >= 0.6 is 0 Å². The van der Waals surface area contributed by atoms with E-state index in [0.717, 1.165) is 0 Å². The molecule has 84 valence electrons. The van der Waals surface area contributed by atoms with Gasteiger partial charge in [-0.15, -0.1) is 0 Å². The van der Waals surface area contributed by atoms with Crippen molar-refractivity contribution in [2.75, 3.05) is 6.61 Å². The molecular formula is C12H12O4. The molecule has 0 aliphatic rings. The molecule has 1 atom stereocenters. The number of hydrogen-bond donors (Lipinski definition) is 2. The van der Waals surface area contributed by atoms with Crippen LogP contribution in [0.5, 0.6) is 11.5 Å². The molecule has 2 rings (SSSR count). The van der Waals surface area contributed by atoms with Gasteiger partial charge in [-0.05, 0) is 24.3 Å². The molecule has 1 unspecified atom stereocenters. The van der Waals surface area contributed by atoms with E-state index < -0.39 is 6.10 Å². The van der Waals surface area contributed by atoms with E-state index in [-0.39, 0.29) is 12.4 Å². The Hall–Kier alpha value is -1.94. The van der Waals surface area contributed by atoms with Crippen molar-refractivity contribution in [1.29, 1.82) is 0 Å². The third-order valence-corrected chi connectivity index (χ3v) is 2.10. The van der Waals surface area contributed by atoms with E-state index in [1.807, 2.05) is 0 Å². The fraction of sp³-hybridized carbons (Fsp3) is 0.167. The molecule has 0 saturated carbocycles. The van der Waals surface area contributed by atoms with Crippen LogP contribution in [0.15, 0.2) is 47.1 Å². The highest BCUT2D eigenvalue weighted by Gasteiger charge is 2.10. The molecule has 16 heavy (non-hydrogen) atoms. The maximum atomic E-state index is 9.66. The zero-order chi connectivity index (χ0) is 11.4. The van der Waals surface area contributed by atoms with E-state index in [9.17, 15) is 10.2 Å². The number of hydrogen-bond acceptors (Lipinski definition) is 4. The first-order valence-electron chi connectivity index (χ1n) is 4.89. The minimum Gasteiger partial charge on any atom is -0.508 e. The highest BCUT2D eigenvalue weighted by Crippen LogP contribution is 2.20. The summed E-state index contributed by atoms with van der Waals surface area (Å²) in [5, 5.41) is 18.9. The van der Waals surface area contributed by atoms with Gasteiger partial charge in [0, 0.05) is 6.07 Å². The lowest BCUT2D eigenvalue weighted by Crippen LogP contribution is -2.08. The summed E-state index contributed by atoms with van der Waals surface area (Å²) in [6.07, 6.45) is 0.685. The van der Waals surface area contributed by atoms with Crippen LogP contribution in [0.4, 0.5) is 0 Å². The summed E-state index contributed by atoms with van der Waals surface area (Å²) >= 11 is 0. The first kappa shape index (κ1) is 10.6. The van der Waals surface area contributed by atoms with Gasteiger partial charge in [0.15, 0.2) is 0 Å². The molecule has 2 N–H and O–H groups in total. The van der Waals surface area contributed by atoms with Crippen molar-refractivity contribution in [1.82, 2.24) is 0 Å². The molecule has 1 aromatic heterocycles. The van der Waals surface area contributed by atoms with Gasteiger partial charge in [0.05, 0.1) is 6.26 Å². The minimum atomic E-state index is -0.808. The topological polar surface area (TPSA) is 62.8 Å². The van der Waals surface area contributed by atoms with Gasteiger partial charge in [0.1, 0.15) is 30.0 Å². The van der Waals surface area contributed by atoms with Crippen molar-refractivity contribution >= 4 is 0 Å². The van der Waals surface area contributed by atoms with Crippen LogP contribution < -0.4 is 4.74 Å². The Morgan fingerprint density at radius 2 is 2.12 bits per heavy atom. The summed E-state index contributed by atoms with van der Waals surface area (Å²) in [7, 11) is 0. The summed E-state index contributed by atoms with van der Waals surface area (Å²) in [5.74, 6) is 1.09. The van der Waals surface area contributed by atoms with E-state index in [1.165, 1.54) is 12.3 Å².